The van der Waals surface area contributed by atoms with Crippen molar-refractivity contribution in [2.24, 2.45) is 0 Å². The van der Waals surface area contributed by atoms with Crippen molar-refractivity contribution in [3.63, 3.8) is 0 Å². The molecule has 126 valence electrons. The Labute approximate surface area is 150 Å². The van der Waals surface area contributed by atoms with E-state index in [1.54, 1.807) is 10.6 Å². The van der Waals surface area contributed by atoms with Crippen molar-refractivity contribution in [2.45, 2.75) is 18.9 Å². The van der Waals surface area contributed by atoms with Gasteiger partial charge in [0.1, 0.15) is 11.8 Å². The monoisotopic (exact) mass is 353 g/mol. The van der Waals surface area contributed by atoms with Crippen molar-refractivity contribution in [1.82, 2.24) is 14.4 Å². The standard InChI is InChI=1S/C18H16ClN5O/c19-13-5-3-12(4-6-13)16-10-24-15(8-20)9-21-17(18(24)23-16)22-14-2-1-7-25-11-14/h3-6,9-10,14H,1-2,7,11H2,(H,21,22)/t14-/m0/s1. The number of nitrogens with one attached hydrogen (secondary N) is 1. The first-order valence-corrected chi connectivity index (χ1v) is 8.51. The maximum Gasteiger partial charge on any atom is 0.181 e. The van der Waals surface area contributed by atoms with Crippen LogP contribution in [-0.4, -0.2) is 33.6 Å². The Kier molecular flexibility index (Phi) is 4.26. The predicted octanol–water partition coefficient (Wildman–Crippen LogP) is 3.51. The number of rotatable bonds is 3. The third-order valence-electron chi connectivity index (χ3n) is 4.25. The smallest absolute Gasteiger partial charge is 0.181 e. The van der Waals surface area contributed by atoms with Gasteiger partial charge in [-0.15, -0.1) is 0 Å². The molecule has 7 heteroatoms. The van der Waals surface area contributed by atoms with Crippen LogP contribution >= 0.6 is 11.6 Å². The maximum absolute atomic E-state index is 9.37. The summed E-state index contributed by atoms with van der Waals surface area (Å²) in [4.78, 5) is 9.09. The van der Waals surface area contributed by atoms with Gasteiger partial charge in [0.15, 0.2) is 11.5 Å². The topological polar surface area (TPSA) is 75.2 Å². The van der Waals surface area contributed by atoms with Crippen molar-refractivity contribution in [3.8, 4) is 17.3 Å². The molecule has 1 aliphatic heterocycles. The zero-order valence-electron chi connectivity index (χ0n) is 13.4. The number of aromatic nitrogens is 3. The molecule has 0 bridgehead atoms. The van der Waals surface area contributed by atoms with E-state index in [2.05, 4.69) is 21.4 Å². The molecule has 3 aromatic rings. The van der Waals surface area contributed by atoms with E-state index in [0.717, 1.165) is 30.7 Å². The van der Waals surface area contributed by atoms with Crippen LogP contribution in [0, 0.1) is 11.3 Å². The van der Waals surface area contributed by atoms with Gasteiger partial charge in [-0.05, 0) is 25.0 Å². The average Bonchev–Trinajstić information content (AvgIpc) is 3.09. The molecule has 1 aliphatic rings. The number of anilines is 1. The van der Waals surface area contributed by atoms with E-state index in [1.807, 2.05) is 30.5 Å². The Morgan fingerprint density at radius 2 is 2.16 bits per heavy atom. The van der Waals surface area contributed by atoms with Crippen LogP contribution in [0.25, 0.3) is 16.9 Å². The highest BCUT2D eigenvalue weighted by molar-refractivity contribution is 6.30. The summed E-state index contributed by atoms with van der Waals surface area (Å²) in [5.41, 5.74) is 2.77. The van der Waals surface area contributed by atoms with Crippen molar-refractivity contribution in [3.05, 3.63) is 47.4 Å². The largest absolute Gasteiger partial charge is 0.379 e. The van der Waals surface area contributed by atoms with Gasteiger partial charge >= 0.3 is 0 Å². The SMILES string of the molecule is N#Cc1cnc(N[C@H]2CCCOC2)c2nc(-c3ccc(Cl)cc3)cn12. The highest BCUT2D eigenvalue weighted by Gasteiger charge is 2.18. The minimum atomic E-state index is 0.202. The van der Waals surface area contributed by atoms with E-state index in [-0.39, 0.29) is 6.04 Å². The van der Waals surface area contributed by atoms with Crippen molar-refractivity contribution >= 4 is 23.1 Å². The number of ether oxygens (including phenoxy) is 1. The summed E-state index contributed by atoms with van der Waals surface area (Å²) in [5.74, 6) is 0.662. The van der Waals surface area contributed by atoms with Crippen LogP contribution in [0.4, 0.5) is 5.82 Å². The van der Waals surface area contributed by atoms with Gasteiger partial charge in [-0.25, -0.2) is 9.97 Å². The van der Waals surface area contributed by atoms with Gasteiger partial charge in [0, 0.05) is 23.4 Å². The number of imidazole rings is 1. The lowest BCUT2D eigenvalue weighted by molar-refractivity contribution is 0.0875. The van der Waals surface area contributed by atoms with E-state index >= 15 is 0 Å². The molecule has 0 radical (unpaired) electrons. The molecule has 1 aromatic carbocycles. The highest BCUT2D eigenvalue weighted by Crippen LogP contribution is 2.25. The minimum Gasteiger partial charge on any atom is -0.379 e. The van der Waals surface area contributed by atoms with Gasteiger partial charge in [-0.2, -0.15) is 5.26 Å². The first-order valence-electron chi connectivity index (χ1n) is 8.13. The quantitative estimate of drug-likeness (QED) is 0.779. The lowest BCUT2D eigenvalue weighted by Crippen LogP contribution is -2.30. The van der Waals surface area contributed by atoms with Gasteiger partial charge in [-0.1, -0.05) is 23.7 Å². The van der Waals surface area contributed by atoms with Crippen molar-refractivity contribution in [2.75, 3.05) is 18.5 Å². The Balaban J connectivity index is 1.76. The Bertz CT molecular complexity index is 938. The maximum atomic E-state index is 9.37. The molecule has 0 saturated carbocycles. The molecule has 0 unspecified atom stereocenters. The number of halogens is 1. The molecule has 4 rings (SSSR count). The summed E-state index contributed by atoms with van der Waals surface area (Å²) in [5, 5.41) is 13.4. The van der Waals surface area contributed by atoms with E-state index in [0.29, 0.717) is 28.8 Å². The summed E-state index contributed by atoms with van der Waals surface area (Å²) >= 11 is 5.96. The summed E-state index contributed by atoms with van der Waals surface area (Å²) in [7, 11) is 0. The molecule has 6 nitrogen and oxygen atoms in total. The Hall–Kier alpha value is -2.62. The van der Waals surface area contributed by atoms with Crippen LogP contribution in [0.1, 0.15) is 18.5 Å². The molecule has 0 spiro atoms. The van der Waals surface area contributed by atoms with E-state index in [1.165, 1.54) is 0 Å². The fourth-order valence-electron chi connectivity index (χ4n) is 2.97. The van der Waals surface area contributed by atoms with Gasteiger partial charge in [0.05, 0.1) is 24.5 Å². The predicted molar refractivity (Wildman–Crippen MR) is 95.6 cm³/mol. The number of nitriles is 1. The summed E-state index contributed by atoms with van der Waals surface area (Å²) < 4.78 is 7.28. The number of nitrogens with zero attached hydrogens (tertiary/aromatic N) is 4. The van der Waals surface area contributed by atoms with Crippen LogP contribution in [0.5, 0.6) is 0 Å². The highest BCUT2D eigenvalue weighted by atomic mass is 35.5. The van der Waals surface area contributed by atoms with Crippen LogP contribution < -0.4 is 5.32 Å². The molecule has 1 N–H and O–H groups in total. The second-order valence-electron chi connectivity index (χ2n) is 5.99. The van der Waals surface area contributed by atoms with E-state index < -0.39 is 0 Å². The zero-order valence-corrected chi connectivity index (χ0v) is 14.2. The molecule has 1 fully saturated rings. The minimum absolute atomic E-state index is 0.202. The summed E-state index contributed by atoms with van der Waals surface area (Å²) in [6.07, 6.45) is 5.46. The van der Waals surface area contributed by atoms with Crippen molar-refractivity contribution in [1.29, 1.82) is 5.26 Å². The Morgan fingerprint density at radius 1 is 1.32 bits per heavy atom. The zero-order chi connectivity index (χ0) is 17.2. The van der Waals surface area contributed by atoms with Crippen molar-refractivity contribution < 1.29 is 4.74 Å². The fourth-order valence-corrected chi connectivity index (χ4v) is 3.09. The summed E-state index contributed by atoms with van der Waals surface area (Å²) in [6, 6.07) is 9.83. The summed E-state index contributed by atoms with van der Waals surface area (Å²) in [6.45, 7) is 1.46. The number of benzene rings is 1. The normalized spacial score (nSPS) is 17.4. The van der Waals surface area contributed by atoms with E-state index in [9.17, 15) is 5.26 Å². The molecule has 2 aromatic heterocycles. The molecule has 3 heterocycles. The van der Waals surface area contributed by atoms with Crippen LogP contribution in [0.2, 0.25) is 5.02 Å². The lowest BCUT2D eigenvalue weighted by atomic mass is 10.1. The molecule has 0 amide bonds. The Morgan fingerprint density at radius 3 is 2.88 bits per heavy atom. The van der Waals surface area contributed by atoms with E-state index in [4.69, 9.17) is 16.3 Å². The number of hydrogen-bond donors (Lipinski definition) is 1. The molecular weight excluding hydrogens is 338 g/mol. The van der Waals surface area contributed by atoms with Gasteiger partial charge in [0.25, 0.3) is 0 Å². The molecule has 1 saturated heterocycles. The molecule has 1 atom stereocenters. The first kappa shape index (κ1) is 15.9. The number of hydrogen-bond acceptors (Lipinski definition) is 5. The van der Waals surface area contributed by atoms with Gasteiger partial charge in [-0.3, -0.25) is 4.40 Å². The third kappa shape index (κ3) is 3.16. The van der Waals surface area contributed by atoms with Crippen LogP contribution in [0.15, 0.2) is 36.7 Å². The fraction of sp³-hybridized carbons (Fsp3) is 0.278. The van der Waals surface area contributed by atoms with Gasteiger partial charge in [0.2, 0.25) is 0 Å². The second kappa shape index (κ2) is 6.71. The number of fused-ring (bicyclic) bond motifs is 1. The van der Waals surface area contributed by atoms with Crippen LogP contribution in [0.3, 0.4) is 0 Å². The molecule has 25 heavy (non-hydrogen) atoms. The van der Waals surface area contributed by atoms with Gasteiger partial charge < -0.3 is 10.1 Å². The third-order valence-corrected chi connectivity index (χ3v) is 4.50. The molecule has 0 aliphatic carbocycles. The molecular formula is C18H16ClN5O. The first-order chi connectivity index (χ1) is 12.2. The second-order valence-corrected chi connectivity index (χ2v) is 6.43. The van der Waals surface area contributed by atoms with Crippen LogP contribution in [-0.2, 0) is 4.74 Å². The average molecular weight is 354 g/mol. The lowest BCUT2D eigenvalue weighted by Gasteiger charge is -2.23.